The summed E-state index contributed by atoms with van der Waals surface area (Å²) >= 11 is 0. The summed E-state index contributed by atoms with van der Waals surface area (Å²) in [5.41, 5.74) is -0.943. The average Bonchev–Trinajstić information content (AvgIpc) is 3.21. The van der Waals surface area contributed by atoms with E-state index in [0.29, 0.717) is 6.42 Å². The lowest BCUT2D eigenvalue weighted by Gasteiger charge is -2.22. The molecule has 3 aliphatic rings. The largest absolute Gasteiger partial charge is 0.462 e. The Morgan fingerprint density at radius 2 is 2.04 bits per heavy atom. The Morgan fingerprint density at radius 3 is 2.78 bits per heavy atom. The maximum atomic E-state index is 12.7. The smallest absolute Gasteiger partial charge is 0.416 e. The molecule has 1 N–H and O–H groups in total. The third-order valence-electron chi connectivity index (χ3n) is 5.57. The number of hydrogen-bond acceptors (Lipinski definition) is 5. The van der Waals surface area contributed by atoms with Crippen LogP contribution in [0.2, 0.25) is 0 Å². The lowest BCUT2D eigenvalue weighted by atomic mass is 9.80. The normalized spacial score (nSPS) is 30.9. The van der Waals surface area contributed by atoms with Gasteiger partial charge in [-0.1, -0.05) is 6.07 Å². The highest BCUT2D eigenvalue weighted by Crippen LogP contribution is 2.57. The zero-order chi connectivity index (χ0) is 19.3. The number of alkyl halides is 3. The summed E-state index contributed by atoms with van der Waals surface area (Å²) < 4.78 is 48.3. The van der Waals surface area contributed by atoms with E-state index in [4.69, 9.17) is 9.47 Å². The number of nitrogens with one attached hydrogen (secondary N) is 1. The molecule has 2 bridgehead atoms. The minimum Gasteiger partial charge on any atom is -0.462 e. The first-order valence-corrected chi connectivity index (χ1v) is 8.58. The molecule has 1 aliphatic heterocycles. The molecule has 0 spiro atoms. The molecule has 2 saturated carbocycles. The van der Waals surface area contributed by atoms with Crippen molar-refractivity contribution < 1.29 is 37.0 Å². The minimum atomic E-state index is -4.53. The number of carbonyl (C=O) groups excluding carboxylic acids is 3. The van der Waals surface area contributed by atoms with Gasteiger partial charge in [-0.25, -0.2) is 0 Å². The number of amides is 1. The van der Waals surface area contributed by atoms with Gasteiger partial charge < -0.3 is 14.8 Å². The van der Waals surface area contributed by atoms with E-state index in [2.05, 4.69) is 5.32 Å². The van der Waals surface area contributed by atoms with Gasteiger partial charge in [0.25, 0.3) is 5.91 Å². The number of anilines is 1. The third-order valence-corrected chi connectivity index (χ3v) is 5.57. The summed E-state index contributed by atoms with van der Waals surface area (Å²) in [5, 5.41) is 2.27. The van der Waals surface area contributed by atoms with E-state index in [1.807, 2.05) is 0 Å². The Kier molecular flexibility index (Phi) is 4.12. The Morgan fingerprint density at radius 1 is 1.26 bits per heavy atom. The van der Waals surface area contributed by atoms with E-state index >= 15 is 0 Å². The number of halogens is 3. The van der Waals surface area contributed by atoms with Crippen LogP contribution in [0.15, 0.2) is 24.3 Å². The molecule has 9 heteroatoms. The molecular weight excluding hydrogens is 367 g/mol. The molecule has 4 rings (SSSR count). The zero-order valence-electron chi connectivity index (χ0n) is 14.0. The summed E-state index contributed by atoms with van der Waals surface area (Å²) in [5.74, 6) is -2.84. The van der Waals surface area contributed by atoms with Crippen molar-refractivity contribution in [1.82, 2.24) is 0 Å². The number of fused-ring (bicyclic) bond motifs is 1. The molecule has 1 saturated heterocycles. The first-order chi connectivity index (χ1) is 12.7. The SMILES string of the molecule is O=C(COC(=O)[C@H]1[C@@H]2C[C@H]3[C@@H]1C(=O)O[C@@H]3C2)Nc1cccc(C(F)(F)F)c1. The molecule has 3 fully saturated rings. The van der Waals surface area contributed by atoms with Crippen molar-refractivity contribution in [3.05, 3.63) is 29.8 Å². The summed E-state index contributed by atoms with van der Waals surface area (Å²) in [6, 6.07) is 4.16. The van der Waals surface area contributed by atoms with Crippen molar-refractivity contribution in [2.24, 2.45) is 23.7 Å². The summed E-state index contributed by atoms with van der Waals surface area (Å²) in [4.78, 5) is 36.2. The molecule has 27 heavy (non-hydrogen) atoms. The maximum absolute atomic E-state index is 12.7. The number of carbonyl (C=O) groups is 3. The predicted molar refractivity (Wildman–Crippen MR) is 84.1 cm³/mol. The van der Waals surface area contributed by atoms with Gasteiger partial charge in [0.05, 0.1) is 17.4 Å². The molecule has 1 heterocycles. The number of rotatable bonds is 4. The zero-order valence-corrected chi connectivity index (χ0v) is 14.0. The van der Waals surface area contributed by atoms with Crippen LogP contribution >= 0.6 is 0 Å². The lowest BCUT2D eigenvalue weighted by Crippen LogP contribution is -2.34. The van der Waals surface area contributed by atoms with Crippen molar-refractivity contribution in [3.63, 3.8) is 0 Å². The van der Waals surface area contributed by atoms with Crippen molar-refractivity contribution in [1.29, 1.82) is 0 Å². The summed E-state index contributed by atoms with van der Waals surface area (Å²) in [7, 11) is 0. The van der Waals surface area contributed by atoms with E-state index in [-0.39, 0.29) is 29.6 Å². The third kappa shape index (κ3) is 3.15. The van der Waals surface area contributed by atoms with Gasteiger partial charge in [-0.15, -0.1) is 0 Å². The second-order valence-electron chi connectivity index (χ2n) is 7.16. The van der Waals surface area contributed by atoms with Crippen LogP contribution in [0, 0.1) is 23.7 Å². The fourth-order valence-corrected chi connectivity index (χ4v) is 4.53. The summed E-state index contributed by atoms with van der Waals surface area (Å²) in [6.07, 6.45) is -3.27. The highest BCUT2D eigenvalue weighted by Gasteiger charge is 2.64. The van der Waals surface area contributed by atoms with E-state index in [1.165, 1.54) is 12.1 Å². The van der Waals surface area contributed by atoms with Crippen LogP contribution in [0.25, 0.3) is 0 Å². The Labute approximate surface area is 152 Å². The van der Waals surface area contributed by atoms with E-state index in [0.717, 1.165) is 18.6 Å². The molecule has 1 amide bonds. The van der Waals surface area contributed by atoms with E-state index < -0.39 is 42.1 Å². The average molecular weight is 383 g/mol. The number of ether oxygens (including phenoxy) is 2. The van der Waals surface area contributed by atoms with Gasteiger partial charge in [0.2, 0.25) is 0 Å². The maximum Gasteiger partial charge on any atom is 0.416 e. The standard InChI is InChI=1S/C18H16F3NO5/c19-18(20,21)9-2-1-3-10(6-9)22-13(23)7-26-16(24)14-8-4-11-12(5-8)27-17(25)15(11)14/h1-3,6,8,11-12,14-15H,4-5,7H2,(H,22,23)/t8-,11-,12-,14+,15+/m1/s1. The highest BCUT2D eigenvalue weighted by molar-refractivity contribution is 5.93. The van der Waals surface area contributed by atoms with Crippen LogP contribution in [0.4, 0.5) is 18.9 Å². The lowest BCUT2D eigenvalue weighted by molar-refractivity contribution is -0.157. The Hall–Kier alpha value is -2.58. The monoisotopic (exact) mass is 383 g/mol. The molecule has 0 aromatic heterocycles. The van der Waals surface area contributed by atoms with Crippen molar-refractivity contribution in [2.75, 3.05) is 11.9 Å². The molecule has 1 aromatic rings. The van der Waals surface area contributed by atoms with Crippen LogP contribution in [-0.4, -0.2) is 30.6 Å². The topological polar surface area (TPSA) is 81.7 Å². The van der Waals surface area contributed by atoms with Gasteiger partial charge in [-0.3, -0.25) is 14.4 Å². The molecule has 6 nitrogen and oxygen atoms in total. The van der Waals surface area contributed by atoms with Gasteiger partial charge in [-0.05, 0) is 37.0 Å². The van der Waals surface area contributed by atoms with Gasteiger partial charge in [-0.2, -0.15) is 13.2 Å². The van der Waals surface area contributed by atoms with Crippen LogP contribution < -0.4 is 5.32 Å². The number of benzene rings is 1. The van der Waals surface area contributed by atoms with Crippen LogP contribution in [0.3, 0.4) is 0 Å². The predicted octanol–water partition coefficient (Wildman–Crippen LogP) is 2.38. The van der Waals surface area contributed by atoms with Gasteiger partial charge in [0, 0.05) is 11.6 Å². The quantitative estimate of drug-likeness (QED) is 0.808. The molecule has 5 atom stereocenters. The highest BCUT2D eigenvalue weighted by atomic mass is 19.4. The molecule has 2 aliphatic carbocycles. The van der Waals surface area contributed by atoms with E-state index in [1.54, 1.807) is 0 Å². The molecular formula is C18H16F3NO5. The van der Waals surface area contributed by atoms with Gasteiger partial charge in [0.1, 0.15) is 6.10 Å². The van der Waals surface area contributed by atoms with Gasteiger partial charge in [0.15, 0.2) is 6.61 Å². The fourth-order valence-electron chi connectivity index (χ4n) is 4.53. The second kappa shape index (κ2) is 6.24. The Bertz CT molecular complexity index is 806. The van der Waals surface area contributed by atoms with E-state index in [9.17, 15) is 27.6 Å². The van der Waals surface area contributed by atoms with Gasteiger partial charge >= 0.3 is 18.1 Å². The molecule has 144 valence electrons. The van der Waals surface area contributed by atoms with Crippen molar-refractivity contribution in [3.8, 4) is 0 Å². The van der Waals surface area contributed by atoms with Crippen molar-refractivity contribution in [2.45, 2.75) is 25.1 Å². The summed E-state index contributed by atoms with van der Waals surface area (Å²) in [6.45, 7) is -0.631. The second-order valence-corrected chi connectivity index (χ2v) is 7.16. The first-order valence-electron chi connectivity index (χ1n) is 8.58. The number of hydrogen-bond donors (Lipinski definition) is 1. The molecule has 0 radical (unpaired) electrons. The van der Waals surface area contributed by atoms with Crippen LogP contribution in [0.5, 0.6) is 0 Å². The first kappa shape index (κ1) is 17.8. The molecule has 0 unspecified atom stereocenters. The van der Waals surface area contributed by atoms with Crippen LogP contribution in [0.1, 0.15) is 18.4 Å². The number of esters is 2. The minimum absolute atomic E-state index is 0.00970. The molecule has 1 aromatic carbocycles. The Balaban J connectivity index is 1.34. The fraction of sp³-hybridized carbons (Fsp3) is 0.500. The van der Waals surface area contributed by atoms with Crippen molar-refractivity contribution >= 4 is 23.5 Å². The van der Waals surface area contributed by atoms with Crippen LogP contribution in [-0.2, 0) is 30.0 Å².